The standard InChI is InChI=1S/C30H33F2N3O/c1-30(16-5-17-35(30)22-23-6-3-2-4-7-23)29(36)34-20-18-33(19-21-34)28(24-8-12-26(31)13-9-24)25-10-14-27(32)15-11-25/h2-4,6-15,28H,5,16-22H2,1H3/t30-/m1/s1. The Balaban J connectivity index is 1.30. The van der Waals surface area contributed by atoms with Crippen LogP contribution >= 0.6 is 0 Å². The SMILES string of the molecule is C[C@]1(C(=O)N2CCN(C(c3ccc(F)cc3)c3ccc(F)cc3)CC2)CCCN1Cc1ccccc1. The molecular weight excluding hydrogens is 456 g/mol. The summed E-state index contributed by atoms with van der Waals surface area (Å²) in [5.74, 6) is -0.357. The van der Waals surface area contributed by atoms with Gasteiger partial charge in [-0.25, -0.2) is 8.78 Å². The van der Waals surface area contributed by atoms with Crippen LogP contribution in [0.3, 0.4) is 0 Å². The number of halogens is 2. The molecule has 2 saturated heterocycles. The minimum atomic E-state index is -0.495. The number of carbonyl (C=O) groups excluding carboxylic acids is 1. The molecule has 1 amide bonds. The maximum absolute atomic E-state index is 13.8. The van der Waals surface area contributed by atoms with Crippen LogP contribution in [-0.2, 0) is 11.3 Å². The van der Waals surface area contributed by atoms with Crippen molar-refractivity contribution in [3.63, 3.8) is 0 Å². The predicted molar refractivity (Wildman–Crippen MR) is 137 cm³/mol. The zero-order chi connectivity index (χ0) is 25.1. The minimum Gasteiger partial charge on any atom is -0.339 e. The Labute approximate surface area is 212 Å². The van der Waals surface area contributed by atoms with Crippen LogP contribution in [0.4, 0.5) is 8.78 Å². The van der Waals surface area contributed by atoms with E-state index in [-0.39, 0.29) is 23.6 Å². The van der Waals surface area contributed by atoms with Crippen LogP contribution in [-0.4, -0.2) is 58.9 Å². The highest BCUT2D eigenvalue weighted by atomic mass is 19.1. The largest absolute Gasteiger partial charge is 0.339 e. The third-order valence-corrected chi connectivity index (χ3v) is 7.80. The van der Waals surface area contributed by atoms with Gasteiger partial charge in [-0.3, -0.25) is 14.6 Å². The lowest BCUT2D eigenvalue weighted by Crippen LogP contribution is -2.59. The molecule has 0 N–H and O–H groups in total. The van der Waals surface area contributed by atoms with Gasteiger partial charge in [0.15, 0.2) is 0 Å². The molecule has 2 fully saturated rings. The van der Waals surface area contributed by atoms with Crippen LogP contribution in [0, 0.1) is 11.6 Å². The van der Waals surface area contributed by atoms with Crippen molar-refractivity contribution < 1.29 is 13.6 Å². The Morgan fingerprint density at radius 2 is 1.36 bits per heavy atom. The molecule has 36 heavy (non-hydrogen) atoms. The fourth-order valence-corrected chi connectivity index (χ4v) is 5.75. The summed E-state index contributed by atoms with van der Waals surface area (Å²) in [5.41, 5.74) is 2.65. The van der Waals surface area contributed by atoms with E-state index in [1.165, 1.54) is 29.8 Å². The van der Waals surface area contributed by atoms with Crippen molar-refractivity contribution in [3.05, 3.63) is 107 Å². The van der Waals surface area contributed by atoms with E-state index in [0.29, 0.717) is 26.2 Å². The molecule has 0 bridgehead atoms. The first-order valence-electron chi connectivity index (χ1n) is 12.8. The van der Waals surface area contributed by atoms with Crippen LogP contribution in [0.5, 0.6) is 0 Å². The summed E-state index contributed by atoms with van der Waals surface area (Å²) in [7, 11) is 0. The molecule has 3 aromatic rings. The minimum absolute atomic E-state index is 0.125. The molecule has 188 valence electrons. The predicted octanol–water partition coefficient (Wildman–Crippen LogP) is 5.25. The van der Waals surface area contributed by atoms with Crippen LogP contribution < -0.4 is 0 Å². The fraction of sp³-hybridized carbons (Fsp3) is 0.367. The molecule has 0 unspecified atom stereocenters. The van der Waals surface area contributed by atoms with Crippen LogP contribution in [0.2, 0.25) is 0 Å². The second-order valence-corrected chi connectivity index (χ2v) is 10.1. The van der Waals surface area contributed by atoms with E-state index < -0.39 is 5.54 Å². The summed E-state index contributed by atoms with van der Waals surface area (Å²) in [5, 5.41) is 0. The molecule has 4 nitrogen and oxygen atoms in total. The zero-order valence-electron chi connectivity index (χ0n) is 20.7. The van der Waals surface area contributed by atoms with E-state index in [0.717, 1.165) is 37.1 Å². The van der Waals surface area contributed by atoms with Gasteiger partial charge in [-0.05, 0) is 67.3 Å². The molecule has 2 aliphatic rings. The lowest BCUT2D eigenvalue weighted by molar-refractivity contribution is -0.144. The number of likely N-dealkylation sites (tertiary alicyclic amines) is 1. The maximum atomic E-state index is 13.8. The second kappa shape index (κ2) is 10.5. The summed E-state index contributed by atoms with van der Waals surface area (Å²) in [6.45, 7) is 6.45. The van der Waals surface area contributed by atoms with Gasteiger partial charge in [0.05, 0.1) is 11.6 Å². The first-order chi connectivity index (χ1) is 17.4. The Morgan fingerprint density at radius 1 is 0.806 bits per heavy atom. The monoisotopic (exact) mass is 489 g/mol. The average Bonchev–Trinajstić information content (AvgIpc) is 3.28. The number of nitrogens with zero attached hydrogens (tertiary/aromatic N) is 3. The van der Waals surface area contributed by atoms with Gasteiger partial charge >= 0.3 is 0 Å². The van der Waals surface area contributed by atoms with E-state index in [2.05, 4.69) is 28.9 Å². The third-order valence-electron chi connectivity index (χ3n) is 7.80. The van der Waals surface area contributed by atoms with Crippen molar-refractivity contribution in [2.45, 2.75) is 37.9 Å². The first-order valence-corrected chi connectivity index (χ1v) is 12.8. The van der Waals surface area contributed by atoms with E-state index in [1.54, 1.807) is 24.3 Å². The Morgan fingerprint density at radius 3 is 1.92 bits per heavy atom. The average molecular weight is 490 g/mol. The van der Waals surface area contributed by atoms with Gasteiger partial charge < -0.3 is 4.90 Å². The molecular formula is C30H33F2N3O. The van der Waals surface area contributed by atoms with Crippen molar-refractivity contribution in [2.24, 2.45) is 0 Å². The van der Waals surface area contributed by atoms with Crippen LogP contribution in [0.15, 0.2) is 78.9 Å². The summed E-state index contributed by atoms with van der Waals surface area (Å²) >= 11 is 0. The molecule has 0 aromatic heterocycles. The van der Waals surface area contributed by atoms with E-state index in [9.17, 15) is 13.6 Å². The number of hydrogen-bond donors (Lipinski definition) is 0. The second-order valence-electron chi connectivity index (χ2n) is 10.1. The summed E-state index contributed by atoms with van der Waals surface area (Å²) in [4.78, 5) is 20.4. The molecule has 0 saturated carbocycles. The number of rotatable bonds is 6. The summed E-state index contributed by atoms with van der Waals surface area (Å²) < 4.78 is 27.3. The molecule has 2 heterocycles. The molecule has 0 radical (unpaired) electrons. The number of benzene rings is 3. The van der Waals surface area contributed by atoms with E-state index in [4.69, 9.17) is 0 Å². The lowest BCUT2D eigenvalue weighted by atomic mass is 9.94. The highest BCUT2D eigenvalue weighted by molar-refractivity contribution is 5.86. The van der Waals surface area contributed by atoms with Gasteiger partial charge in [0, 0.05) is 32.7 Å². The van der Waals surface area contributed by atoms with E-state index in [1.807, 2.05) is 23.1 Å². The zero-order valence-corrected chi connectivity index (χ0v) is 20.7. The Bertz CT molecular complexity index is 1120. The highest BCUT2D eigenvalue weighted by Crippen LogP contribution is 2.34. The van der Waals surface area contributed by atoms with Gasteiger partial charge in [0.1, 0.15) is 11.6 Å². The van der Waals surface area contributed by atoms with Gasteiger partial charge in [-0.2, -0.15) is 0 Å². The van der Waals surface area contributed by atoms with E-state index >= 15 is 0 Å². The third kappa shape index (κ3) is 5.06. The molecule has 0 aliphatic carbocycles. The first kappa shape index (κ1) is 24.6. The molecule has 0 spiro atoms. The summed E-state index contributed by atoms with van der Waals surface area (Å²) in [6, 6.07) is 23.3. The van der Waals surface area contributed by atoms with Gasteiger partial charge in [0.25, 0.3) is 0 Å². The Hall–Kier alpha value is -3.09. The van der Waals surface area contributed by atoms with Crippen molar-refractivity contribution >= 4 is 5.91 Å². The molecule has 1 atom stereocenters. The summed E-state index contributed by atoms with van der Waals surface area (Å²) in [6.07, 6.45) is 1.89. The highest BCUT2D eigenvalue weighted by Gasteiger charge is 2.45. The van der Waals surface area contributed by atoms with Crippen molar-refractivity contribution in [3.8, 4) is 0 Å². The van der Waals surface area contributed by atoms with Crippen molar-refractivity contribution in [1.82, 2.24) is 14.7 Å². The molecule has 3 aromatic carbocycles. The number of piperazine rings is 1. The smallest absolute Gasteiger partial charge is 0.242 e. The van der Waals surface area contributed by atoms with Gasteiger partial charge in [0.2, 0.25) is 5.91 Å². The molecule has 5 rings (SSSR count). The number of amides is 1. The fourth-order valence-electron chi connectivity index (χ4n) is 5.75. The van der Waals surface area contributed by atoms with Crippen molar-refractivity contribution in [2.75, 3.05) is 32.7 Å². The van der Waals surface area contributed by atoms with Crippen LogP contribution in [0.25, 0.3) is 0 Å². The maximum Gasteiger partial charge on any atom is 0.242 e. The Kier molecular flexibility index (Phi) is 7.17. The van der Waals surface area contributed by atoms with Gasteiger partial charge in [-0.1, -0.05) is 54.6 Å². The van der Waals surface area contributed by atoms with Crippen LogP contribution in [0.1, 0.15) is 42.5 Å². The normalized spacial score (nSPS) is 21.3. The van der Waals surface area contributed by atoms with Crippen molar-refractivity contribution in [1.29, 1.82) is 0 Å². The molecule has 6 heteroatoms. The quantitative estimate of drug-likeness (QED) is 0.473. The number of carbonyl (C=O) groups is 1. The van der Waals surface area contributed by atoms with Gasteiger partial charge in [-0.15, -0.1) is 0 Å². The lowest BCUT2D eigenvalue weighted by Gasteiger charge is -2.44. The molecule has 2 aliphatic heterocycles. The number of hydrogen-bond acceptors (Lipinski definition) is 3. The topological polar surface area (TPSA) is 26.8 Å².